The summed E-state index contributed by atoms with van der Waals surface area (Å²) in [6.45, 7) is 0. The van der Waals surface area contributed by atoms with Gasteiger partial charge in [-0.25, -0.2) is 4.79 Å². The molecule has 4 heteroatoms. The summed E-state index contributed by atoms with van der Waals surface area (Å²) in [6, 6.07) is 5.82. The highest BCUT2D eigenvalue weighted by molar-refractivity contribution is 9.10. The van der Waals surface area contributed by atoms with Gasteiger partial charge in [0.1, 0.15) is 6.04 Å². The molecule has 0 radical (unpaired) electrons. The van der Waals surface area contributed by atoms with E-state index in [1.165, 1.54) is 12.7 Å². The third-order valence-corrected chi connectivity index (χ3v) is 3.08. The lowest BCUT2D eigenvalue weighted by Gasteiger charge is -2.25. The molecule has 0 aromatic heterocycles. The Morgan fingerprint density at radius 3 is 3.13 bits per heavy atom. The number of halogens is 1. The van der Waals surface area contributed by atoms with Crippen LogP contribution >= 0.6 is 15.9 Å². The second kappa shape index (κ2) is 4.23. The van der Waals surface area contributed by atoms with Crippen molar-refractivity contribution in [1.82, 2.24) is 0 Å². The van der Waals surface area contributed by atoms with E-state index in [1.54, 1.807) is 0 Å². The van der Waals surface area contributed by atoms with Crippen molar-refractivity contribution in [3.8, 4) is 0 Å². The first-order chi connectivity index (χ1) is 7.20. The Morgan fingerprint density at radius 2 is 2.40 bits per heavy atom. The average molecular weight is 270 g/mol. The van der Waals surface area contributed by atoms with Crippen LogP contribution in [0.15, 0.2) is 22.7 Å². The molecule has 80 valence electrons. The summed E-state index contributed by atoms with van der Waals surface area (Å²) in [5.74, 6) is -0.191. The molecule has 1 aromatic carbocycles. The average Bonchev–Trinajstić information content (AvgIpc) is 2.27. The minimum Gasteiger partial charge on any atom is -0.467 e. The maximum absolute atomic E-state index is 11.3. The molecule has 1 aliphatic rings. The second-order valence-electron chi connectivity index (χ2n) is 3.56. The summed E-state index contributed by atoms with van der Waals surface area (Å²) in [6.07, 6.45) is 1.69. The summed E-state index contributed by atoms with van der Waals surface area (Å²) < 4.78 is 5.79. The summed E-state index contributed by atoms with van der Waals surface area (Å²) >= 11 is 3.43. The Hall–Kier alpha value is -1.03. The first-order valence-corrected chi connectivity index (χ1v) is 5.63. The Bertz CT molecular complexity index is 392. The van der Waals surface area contributed by atoms with Crippen molar-refractivity contribution in [2.75, 3.05) is 12.4 Å². The highest BCUT2D eigenvalue weighted by Crippen LogP contribution is 2.27. The SMILES string of the molecule is COC(=O)[C@H]1CCc2cc(Br)ccc2N1. The lowest BCUT2D eigenvalue weighted by atomic mass is 9.98. The highest BCUT2D eigenvalue weighted by atomic mass is 79.9. The molecular formula is C11H12BrNO2. The summed E-state index contributed by atoms with van der Waals surface area (Å²) in [4.78, 5) is 11.3. The first kappa shape index (κ1) is 10.5. The third kappa shape index (κ3) is 2.15. The molecule has 1 aromatic rings. The Balaban J connectivity index is 2.20. The van der Waals surface area contributed by atoms with E-state index in [0.29, 0.717) is 0 Å². The third-order valence-electron chi connectivity index (χ3n) is 2.59. The van der Waals surface area contributed by atoms with Crippen LogP contribution in [0.3, 0.4) is 0 Å². The molecule has 0 saturated carbocycles. The zero-order valence-electron chi connectivity index (χ0n) is 8.42. The van der Waals surface area contributed by atoms with Gasteiger partial charge in [-0.3, -0.25) is 0 Å². The molecule has 1 heterocycles. The van der Waals surface area contributed by atoms with Gasteiger partial charge in [-0.05, 0) is 36.6 Å². The molecule has 3 nitrogen and oxygen atoms in total. The minimum absolute atomic E-state index is 0.191. The lowest BCUT2D eigenvalue weighted by molar-refractivity contribution is -0.141. The number of carbonyl (C=O) groups is 1. The number of ether oxygens (including phenoxy) is 1. The molecule has 2 rings (SSSR count). The van der Waals surface area contributed by atoms with Gasteiger partial charge in [0.2, 0.25) is 0 Å². The van der Waals surface area contributed by atoms with Crippen LogP contribution in [-0.4, -0.2) is 19.1 Å². The van der Waals surface area contributed by atoms with Crippen LogP contribution in [0.25, 0.3) is 0 Å². The summed E-state index contributed by atoms with van der Waals surface area (Å²) in [7, 11) is 1.42. The van der Waals surface area contributed by atoms with Crippen molar-refractivity contribution in [2.24, 2.45) is 0 Å². The van der Waals surface area contributed by atoms with E-state index in [4.69, 9.17) is 4.74 Å². The Morgan fingerprint density at radius 1 is 1.60 bits per heavy atom. The molecule has 15 heavy (non-hydrogen) atoms. The van der Waals surface area contributed by atoms with Crippen LogP contribution in [0.4, 0.5) is 5.69 Å². The number of nitrogens with one attached hydrogen (secondary N) is 1. The fraction of sp³-hybridized carbons (Fsp3) is 0.364. The van der Waals surface area contributed by atoms with E-state index in [9.17, 15) is 4.79 Å². The van der Waals surface area contributed by atoms with Gasteiger partial charge in [-0.1, -0.05) is 15.9 Å². The Kier molecular flexibility index (Phi) is 2.95. The van der Waals surface area contributed by atoms with Crippen LogP contribution in [-0.2, 0) is 16.0 Å². The van der Waals surface area contributed by atoms with E-state index < -0.39 is 0 Å². The number of esters is 1. The maximum atomic E-state index is 11.3. The number of hydrogen-bond acceptors (Lipinski definition) is 3. The van der Waals surface area contributed by atoms with Gasteiger partial charge in [-0.15, -0.1) is 0 Å². The van der Waals surface area contributed by atoms with Crippen LogP contribution in [0, 0.1) is 0 Å². The van der Waals surface area contributed by atoms with Crippen LogP contribution in [0.1, 0.15) is 12.0 Å². The standard InChI is InChI=1S/C11H12BrNO2/c1-15-11(14)10-4-2-7-6-8(12)3-5-9(7)13-10/h3,5-6,10,13H,2,4H2,1H3/t10-/m1/s1. The Labute approximate surface area is 96.9 Å². The molecule has 0 fully saturated rings. The molecule has 0 spiro atoms. The lowest BCUT2D eigenvalue weighted by Crippen LogP contribution is -2.34. The summed E-state index contributed by atoms with van der Waals surface area (Å²) in [5, 5.41) is 3.18. The monoisotopic (exact) mass is 269 g/mol. The predicted molar refractivity (Wildman–Crippen MR) is 61.9 cm³/mol. The maximum Gasteiger partial charge on any atom is 0.328 e. The largest absolute Gasteiger partial charge is 0.467 e. The number of hydrogen-bond donors (Lipinski definition) is 1. The van der Waals surface area contributed by atoms with Crippen molar-refractivity contribution in [3.63, 3.8) is 0 Å². The smallest absolute Gasteiger partial charge is 0.328 e. The van der Waals surface area contributed by atoms with Crippen molar-refractivity contribution in [3.05, 3.63) is 28.2 Å². The van der Waals surface area contributed by atoms with E-state index in [-0.39, 0.29) is 12.0 Å². The zero-order valence-corrected chi connectivity index (χ0v) is 10.0. The van der Waals surface area contributed by atoms with E-state index in [1.807, 2.05) is 12.1 Å². The van der Waals surface area contributed by atoms with Crippen LogP contribution < -0.4 is 5.32 Å². The number of fused-ring (bicyclic) bond motifs is 1. The van der Waals surface area contributed by atoms with Gasteiger partial charge in [-0.2, -0.15) is 0 Å². The van der Waals surface area contributed by atoms with E-state index >= 15 is 0 Å². The van der Waals surface area contributed by atoms with Gasteiger partial charge in [0.15, 0.2) is 0 Å². The van der Waals surface area contributed by atoms with Gasteiger partial charge >= 0.3 is 5.97 Å². The predicted octanol–water partition coefficient (Wildman–Crippen LogP) is 2.35. The normalized spacial score (nSPS) is 18.9. The molecule has 1 N–H and O–H groups in total. The van der Waals surface area contributed by atoms with E-state index in [2.05, 4.69) is 27.3 Å². The molecule has 0 amide bonds. The van der Waals surface area contributed by atoms with Gasteiger partial charge in [0.05, 0.1) is 7.11 Å². The zero-order chi connectivity index (χ0) is 10.8. The van der Waals surface area contributed by atoms with Crippen molar-refractivity contribution in [2.45, 2.75) is 18.9 Å². The molecule has 1 aliphatic heterocycles. The number of benzene rings is 1. The quantitative estimate of drug-likeness (QED) is 0.796. The van der Waals surface area contributed by atoms with Crippen LogP contribution in [0.2, 0.25) is 0 Å². The number of rotatable bonds is 1. The molecule has 0 unspecified atom stereocenters. The molecule has 0 bridgehead atoms. The second-order valence-corrected chi connectivity index (χ2v) is 4.48. The van der Waals surface area contributed by atoms with Crippen molar-refractivity contribution in [1.29, 1.82) is 0 Å². The van der Waals surface area contributed by atoms with Crippen molar-refractivity contribution < 1.29 is 9.53 Å². The number of carbonyl (C=O) groups excluding carboxylic acids is 1. The number of anilines is 1. The van der Waals surface area contributed by atoms with E-state index in [0.717, 1.165) is 23.0 Å². The molecular weight excluding hydrogens is 258 g/mol. The topological polar surface area (TPSA) is 38.3 Å². The molecule has 1 atom stereocenters. The minimum atomic E-state index is -0.205. The highest BCUT2D eigenvalue weighted by Gasteiger charge is 2.24. The summed E-state index contributed by atoms with van der Waals surface area (Å²) in [5.41, 5.74) is 2.27. The number of methoxy groups -OCH3 is 1. The van der Waals surface area contributed by atoms with Gasteiger partial charge < -0.3 is 10.1 Å². The van der Waals surface area contributed by atoms with Gasteiger partial charge in [0, 0.05) is 10.2 Å². The number of aryl methyl sites for hydroxylation is 1. The van der Waals surface area contributed by atoms with Gasteiger partial charge in [0.25, 0.3) is 0 Å². The first-order valence-electron chi connectivity index (χ1n) is 4.83. The fourth-order valence-electron chi connectivity index (χ4n) is 1.79. The fourth-order valence-corrected chi connectivity index (χ4v) is 2.20. The molecule has 0 saturated heterocycles. The van der Waals surface area contributed by atoms with Crippen LogP contribution in [0.5, 0.6) is 0 Å². The molecule has 0 aliphatic carbocycles. The van der Waals surface area contributed by atoms with Crippen molar-refractivity contribution >= 4 is 27.6 Å².